The van der Waals surface area contributed by atoms with Crippen LogP contribution in [0.1, 0.15) is 40.0 Å². The Morgan fingerprint density at radius 1 is 1.42 bits per heavy atom. The Morgan fingerprint density at radius 3 is 2.53 bits per heavy atom. The standard InChI is InChI=1S/C13H21IN2O3/c1-8(2)10-7-12(18)16(13(10)19)6-4-5-11(17)15-9(3)14/h8-10H,4-7H2,1-3H3,(H,15,17). The lowest BCUT2D eigenvalue weighted by atomic mass is 9.94. The molecule has 0 spiro atoms. The first-order valence-corrected chi connectivity index (χ1v) is 7.85. The van der Waals surface area contributed by atoms with E-state index in [0.717, 1.165) is 0 Å². The summed E-state index contributed by atoms with van der Waals surface area (Å²) in [4.78, 5) is 36.5. The van der Waals surface area contributed by atoms with Crippen LogP contribution in [0.5, 0.6) is 0 Å². The zero-order valence-electron chi connectivity index (χ0n) is 11.6. The number of rotatable bonds is 6. The van der Waals surface area contributed by atoms with Crippen molar-refractivity contribution in [3.8, 4) is 0 Å². The fourth-order valence-electron chi connectivity index (χ4n) is 2.16. The average Bonchev–Trinajstić information content (AvgIpc) is 2.55. The van der Waals surface area contributed by atoms with Crippen LogP contribution < -0.4 is 5.32 Å². The molecule has 3 amide bonds. The van der Waals surface area contributed by atoms with Gasteiger partial charge in [0.2, 0.25) is 17.7 Å². The molecule has 1 N–H and O–H groups in total. The molecule has 1 fully saturated rings. The number of hydrogen-bond acceptors (Lipinski definition) is 3. The zero-order chi connectivity index (χ0) is 14.6. The fraction of sp³-hybridized carbons (Fsp3) is 0.769. The van der Waals surface area contributed by atoms with Gasteiger partial charge in [0.25, 0.3) is 0 Å². The molecule has 2 unspecified atom stereocenters. The van der Waals surface area contributed by atoms with Gasteiger partial charge in [0, 0.05) is 25.3 Å². The lowest BCUT2D eigenvalue weighted by Crippen LogP contribution is -2.34. The van der Waals surface area contributed by atoms with Gasteiger partial charge in [-0.15, -0.1) is 0 Å². The van der Waals surface area contributed by atoms with E-state index in [9.17, 15) is 14.4 Å². The van der Waals surface area contributed by atoms with Crippen LogP contribution in [-0.2, 0) is 14.4 Å². The lowest BCUT2D eigenvalue weighted by molar-refractivity contribution is -0.140. The Bertz CT molecular complexity index is 369. The molecule has 1 saturated heterocycles. The predicted octanol–water partition coefficient (Wildman–Crippen LogP) is 1.69. The first-order valence-electron chi connectivity index (χ1n) is 6.60. The molecule has 0 radical (unpaired) electrons. The number of halogens is 1. The van der Waals surface area contributed by atoms with Gasteiger partial charge in [0.05, 0.1) is 4.05 Å². The Hall–Kier alpha value is -0.660. The predicted molar refractivity (Wildman–Crippen MR) is 80.5 cm³/mol. The Kier molecular flexibility index (Phi) is 6.22. The van der Waals surface area contributed by atoms with Gasteiger partial charge < -0.3 is 5.32 Å². The molecule has 19 heavy (non-hydrogen) atoms. The van der Waals surface area contributed by atoms with Crippen molar-refractivity contribution in [2.45, 2.75) is 44.1 Å². The van der Waals surface area contributed by atoms with Crippen LogP contribution in [0.3, 0.4) is 0 Å². The van der Waals surface area contributed by atoms with Crippen LogP contribution in [0.25, 0.3) is 0 Å². The van der Waals surface area contributed by atoms with Crippen molar-refractivity contribution in [2.75, 3.05) is 6.54 Å². The van der Waals surface area contributed by atoms with Gasteiger partial charge in [-0.1, -0.05) is 36.4 Å². The largest absolute Gasteiger partial charge is 0.345 e. The van der Waals surface area contributed by atoms with Gasteiger partial charge >= 0.3 is 0 Å². The van der Waals surface area contributed by atoms with Gasteiger partial charge in [-0.3, -0.25) is 19.3 Å². The first kappa shape index (κ1) is 16.4. The summed E-state index contributed by atoms with van der Waals surface area (Å²) in [5.41, 5.74) is 0. The molecule has 1 rings (SSSR count). The van der Waals surface area contributed by atoms with Crippen LogP contribution in [-0.4, -0.2) is 33.2 Å². The van der Waals surface area contributed by atoms with Crippen molar-refractivity contribution in [3.63, 3.8) is 0 Å². The fourth-order valence-corrected chi connectivity index (χ4v) is 2.50. The van der Waals surface area contributed by atoms with E-state index in [1.807, 2.05) is 20.8 Å². The highest BCUT2D eigenvalue weighted by Crippen LogP contribution is 2.26. The van der Waals surface area contributed by atoms with Gasteiger partial charge in [0.1, 0.15) is 0 Å². The molecule has 0 aromatic rings. The van der Waals surface area contributed by atoms with E-state index in [4.69, 9.17) is 0 Å². The summed E-state index contributed by atoms with van der Waals surface area (Å²) >= 11 is 2.11. The van der Waals surface area contributed by atoms with Crippen molar-refractivity contribution in [2.24, 2.45) is 11.8 Å². The third kappa shape index (κ3) is 4.74. The van der Waals surface area contributed by atoms with Crippen molar-refractivity contribution < 1.29 is 14.4 Å². The Labute approximate surface area is 127 Å². The minimum absolute atomic E-state index is 0.0404. The maximum Gasteiger partial charge on any atom is 0.233 e. The maximum atomic E-state index is 12.0. The van der Waals surface area contributed by atoms with Crippen molar-refractivity contribution in [1.29, 1.82) is 0 Å². The molecule has 0 aromatic heterocycles. The molecule has 1 aliphatic heterocycles. The highest BCUT2D eigenvalue weighted by Gasteiger charge is 2.39. The number of alkyl halides is 1. The number of likely N-dealkylation sites (tertiary alicyclic amines) is 1. The minimum atomic E-state index is -0.185. The second-order valence-electron chi connectivity index (χ2n) is 5.23. The summed E-state index contributed by atoms with van der Waals surface area (Å²) < 4.78 is 0.0884. The van der Waals surface area contributed by atoms with E-state index >= 15 is 0 Å². The second-order valence-corrected chi connectivity index (χ2v) is 7.09. The van der Waals surface area contributed by atoms with Crippen LogP contribution in [0.2, 0.25) is 0 Å². The zero-order valence-corrected chi connectivity index (χ0v) is 13.8. The molecule has 0 saturated carbocycles. The summed E-state index contributed by atoms with van der Waals surface area (Å²) in [7, 11) is 0. The van der Waals surface area contributed by atoms with E-state index in [1.165, 1.54) is 4.90 Å². The third-order valence-corrected chi connectivity index (χ3v) is 3.54. The second kappa shape index (κ2) is 7.21. The number of carbonyl (C=O) groups excluding carboxylic acids is 3. The smallest absolute Gasteiger partial charge is 0.233 e. The van der Waals surface area contributed by atoms with Crippen LogP contribution >= 0.6 is 22.6 Å². The lowest BCUT2D eigenvalue weighted by Gasteiger charge is -2.16. The molecule has 5 nitrogen and oxygen atoms in total. The van der Waals surface area contributed by atoms with E-state index in [2.05, 4.69) is 27.9 Å². The van der Waals surface area contributed by atoms with Crippen molar-refractivity contribution in [3.05, 3.63) is 0 Å². The topological polar surface area (TPSA) is 66.5 Å². The van der Waals surface area contributed by atoms with Crippen molar-refractivity contribution in [1.82, 2.24) is 10.2 Å². The molecular formula is C13H21IN2O3. The molecule has 2 atom stereocenters. The first-order chi connectivity index (χ1) is 8.82. The van der Waals surface area contributed by atoms with E-state index < -0.39 is 0 Å². The Morgan fingerprint density at radius 2 is 2.05 bits per heavy atom. The SMILES string of the molecule is CC(I)NC(=O)CCCN1C(=O)CC(C(C)C)C1=O. The van der Waals surface area contributed by atoms with Gasteiger partial charge in [-0.05, 0) is 19.3 Å². The Balaban J connectivity index is 2.39. The third-order valence-electron chi connectivity index (χ3n) is 3.23. The van der Waals surface area contributed by atoms with Crippen LogP contribution in [0, 0.1) is 11.8 Å². The maximum absolute atomic E-state index is 12.0. The quantitative estimate of drug-likeness (QED) is 0.330. The summed E-state index contributed by atoms with van der Waals surface area (Å²) in [5.74, 6) is -0.226. The normalized spacial score (nSPS) is 21.1. The molecule has 0 bridgehead atoms. The van der Waals surface area contributed by atoms with E-state index in [0.29, 0.717) is 25.8 Å². The van der Waals surface area contributed by atoms with E-state index in [-0.39, 0.29) is 33.6 Å². The summed E-state index contributed by atoms with van der Waals surface area (Å²) in [6.07, 6.45) is 1.18. The monoisotopic (exact) mass is 380 g/mol. The summed E-state index contributed by atoms with van der Waals surface area (Å²) in [5, 5.41) is 2.78. The average molecular weight is 380 g/mol. The van der Waals surface area contributed by atoms with E-state index in [1.54, 1.807) is 0 Å². The molecule has 108 valence electrons. The number of hydrogen-bond donors (Lipinski definition) is 1. The molecular weight excluding hydrogens is 359 g/mol. The number of imide groups is 1. The molecule has 0 aromatic carbocycles. The molecule has 6 heteroatoms. The van der Waals surface area contributed by atoms with Gasteiger partial charge in [0.15, 0.2) is 0 Å². The highest BCUT2D eigenvalue weighted by molar-refractivity contribution is 14.1. The molecule has 1 heterocycles. The summed E-state index contributed by atoms with van der Waals surface area (Å²) in [6, 6.07) is 0. The number of carbonyl (C=O) groups is 3. The number of nitrogens with zero attached hydrogens (tertiary/aromatic N) is 1. The van der Waals surface area contributed by atoms with Crippen LogP contribution in [0.15, 0.2) is 0 Å². The van der Waals surface area contributed by atoms with Crippen LogP contribution in [0.4, 0.5) is 0 Å². The minimum Gasteiger partial charge on any atom is -0.345 e. The van der Waals surface area contributed by atoms with Gasteiger partial charge in [-0.25, -0.2) is 0 Å². The highest BCUT2D eigenvalue weighted by atomic mass is 127. The van der Waals surface area contributed by atoms with Crippen molar-refractivity contribution >= 4 is 40.3 Å². The van der Waals surface area contributed by atoms with Gasteiger partial charge in [-0.2, -0.15) is 0 Å². The molecule has 1 aliphatic rings. The number of amides is 3. The number of nitrogens with one attached hydrogen (secondary N) is 1. The molecule has 0 aliphatic carbocycles. The summed E-state index contributed by atoms with van der Waals surface area (Å²) in [6.45, 7) is 6.15.